The maximum Gasteiger partial charge on any atom is 0.293 e. The molecule has 0 atom stereocenters. The second-order valence-electron chi connectivity index (χ2n) is 7.23. The Labute approximate surface area is 209 Å². The van der Waals surface area contributed by atoms with Gasteiger partial charge in [0.25, 0.3) is 17.5 Å². The fourth-order valence-corrected chi connectivity index (χ4v) is 3.39. The topological polar surface area (TPSA) is 149 Å². The van der Waals surface area contributed by atoms with E-state index in [0.29, 0.717) is 28.4 Å². The van der Waals surface area contributed by atoms with E-state index in [1.54, 1.807) is 30.3 Å². The lowest BCUT2D eigenvalue weighted by atomic mass is 10.1. The summed E-state index contributed by atoms with van der Waals surface area (Å²) in [6.45, 7) is 0. The highest BCUT2D eigenvalue weighted by atomic mass is 32.1. The number of furan rings is 2. The van der Waals surface area contributed by atoms with E-state index in [9.17, 15) is 19.7 Å². The zero-order chi connectivity index (χ0) is 25.7. The van der Waals surface area contributed by atoms with Crippen molar-refractivity contribution in [3.8, 4) is 17.1 Å². The third kappa shape index (κ3) is 5.56. The Morgan fingerprint density at radius 3 is 2.53 bits per heavy atom. The summed E-state index contributed by atoms with van der Waals surface area (Å²) < 4.78 is 16.0. The summed E-state index contributed by atoms with van der Waals surface area (Å²) in [6, 6.07) is 16.8. The van der Waals surface area contributed by atoms with Gasteiger partial charge in [0.15, 0.2) is 16.6 Å². The Bertz CT molecular complexity index is 1450. The summed E-state index contributed by atoms with van der Waals surface area (Å²) in [5.74, 6) is -0.298. The first-order chi connectivity index (χ1) is 17.3. The molecule has 0 unspecified atom stereocenters. The average Bonchev–Trinajstić information content (AvgIpc) is 3.58. The number of carbonyl (C=O) groups is 2. The molecule has 0 saturated carbocycles. The third-order valence-electron chi connectivity index (χ3n) is 4.85. The lowest BCUT2D eigenvalue weighted by molar-refractivity contribution is -0.384. The fraction of sp³-hybridized carbons (Fsp3) is 0.0417. The number of amides is 2. The van der Waals surface area contributed by atoms with Crippen molar-refractivity contribution in [3.05, 3.63) is 94.6 Å². The molecule has 0 fully saturated rings. The second-order valence-corrected chi connectivity index (χ2v) is 7.63. The predicted octanol–water partition coefficient (Wildman–Crippen LogP) is 4.84. The quantitative estimate of drug-likeness (QED) is 0.182. The molecule has 0 bridgehead atoms. The van der Waals surface area contributed by atoms with E-state index < -0.39 is 16.7 Å². The van der Waals surface area contributed by atoms with Crippen molar-refractivity contribution in [2.75, 3.05) is 17.7 Å². The highest BCUT2D eigenvalue weighted by Crippen LogP contribution is 2.29. The Balaban J connectivity index is 1.39. The van der Waals surface area contributed by atoms with Crippen molar-refractivity contribution in [3.63, 3.8) is 0 Å². The Kier molecular flexibility index (Phi) is 7.07. The van der Waals surface area contributed by atoms with Crippen molar-refractivity contribution in [1.82, 2.24) is 5.32 Å². The molecule has 0 aliphatic rings. The van der Waals surface area contributed by atoms with E-state index in [0.717, 1.165) is 0 Å². The minimum absolute atomic E-state index is 0.0114. The number of nitro groups is 1. The first-order valence-electron chi connectivity index (χ1n) is 10.3. The molecule has 0 spiro atoms. The molecule has 2 amide bonds. The van der Waals surface area contributed by atoms with E-state index in [4.69, 9.17) is 25.8 Å². The van der Waals surface area contributed by atoms with Gasteiger partial charge in [0.2, 0.25) is 0 Å². The molecule has 2 heterocycles. The number of methoxy groups -OCH3 is 1. The van der Waals surface area contributed by atoms with Crippen LogP contribution in [0.5, 0.6) is 5.75 Å². The predicted molar refractivity (Wildman–Crippen MR) is 134 cm³/mol. The summed E-state index contributed by atoms with van der Waals surface area (Å²) >= 11 is 5.21. The summed E-state index contributed by atoms with van der Waals surface area (Å²) in [6.07, 6.45) is 1.39. The molecule has 36 heavy (non-hydrogen) atoms. The van der Waals surface area contributed by atoms with Gasteiger partial charge in [-0.3, -0.25) is 25.0 Å². The second kappa shape index (κ2) is 10.5. The monoisotopic (exact) mass is 506 g/mol. The Hall–Kier alpha value is -4.97. The lowest BCUT2D eigenvalue weighted by Crippen LogP contribution is -2.33. The smallest absolute Gasteiger partial charge is 0.293 e. The molecule has 11 nitrogen and oxygen atoms in total. The van der Waals surface area contributed by atoms with Crippen LogP contribution in [0.4, 0.5) is 17.1 Å². The standard InChI is InChI=1S/C24H18N4O7S/c1-33-21-13-15(7-8-17(21)26-22(29)19-6-3-11-34-19)25-24(36)27-23(30)20-10-9-18(35-20)14-4-2-5-16(12-14)28(31)32/h2-13H,1H3,(H,26,29)(H2,25,27,30,36). The first kappa shape index (κ1) is 24.2. The van der Waals surface area contributed by atoms with Crippen molar-refractivity contribution in [1.29, 1.82) is 0 Å². The van der Waals surface area contributed by atoms with Gasteiger partial charge in [0.1, 0.15) is 11.5 Å². The molecular weight excluding hydrogens is 488 g/mol. The molecule has 2 aromatic heterocycles. The molecule has 0 radical (unpaired) electrons. The van der Waals surface area contributed by atoms with Crippen LogP contribution >= 0.6 is 12.2 Å². The van der Waals surface area contributed by atoms with Crippen molar-refractivity contribution in [2.24, 2.45) is 0 Å². The highest BCUT2D eigenvalue weighted by Gasteiger charge is 2.16. The minimum atomic E-state index is -0.613. The van der Waals surface area contributed by atoms with Crippen LogP contribution in [0.15, 0.2) is 81.8 Å². The molecule has 3 N–H and O–H groups in total. The van der Waals surface area contributed by atoms with Gasteiger partial charge < -0.3 is 24.2 Å². The SMILES string of the molecule is COc1cc(NC(=S)NC(=O)c2ccc(-c3cccc([N+](=O)[O-])c3)o2)ccc1NC(=O)c1ccco1. The van der Waals surface area contributed by atoms with Gasteiger partial charge in [0, 0.05) is 29.4 Å². The van der Waals surface area contributed by atoms with Crippen LogP contribution in [0, 0.1) is 10.1 Å². The van der Waals surface area contributed by atoms with Gasteiger partial charge in [-0.1, -0.05) is 12.1 Å². The number of benzene rings is 2. The zero-order valence-corrected chi connectivity index (χ0v) is 19.5. The molecule has 0 aliphatic carbocycles. The molecule has 4 rings (SSSR count). The van der Waals surface area contributed by atoms with E-state index in [-0.39, 0.29) is 22.3 Å². The van der Waals surface area contributed by atoms with Crippen molar-refractivity contribution >= 4 is 46.2 Å². The number of non-ortho nitro benzene ring substituents is 1. The molecule has 0 aliphatic heterocycles. The normalized spacial score (nSPS) is 10.4. The van der Waals surface area contributed by atoms with Crippen LogP contribution in [0.25, 0.3) is 11.3 Å². The summed E-state index contributed by atoms with van der Waals surface area (Å²) in [5.41, 5.74) is 1.26. The van der Waals surface area contributed by atoms with Crippen LogP contribution < -0.4 is 20.7 Å². The van der Waals surface area contributed by atoms with Crippen LogP contribution in [0.1, 0.15) is 21.1 Å². The molecule has 0 saturated heterocycles. The first-order valence-corrected chi connectivity index (χ1v) is 10.7. The number of nitrogens with zero attached hydrogens (tertiary/aromatic N) is 1. The molecule has 12 heteroatoms. The van der Waals surface area contributed by atoms with Crippen LogP contribution in [-0.4, -0.2) is 29.0 Å². The number of nitrogens with one attached hydrogen (secondary N) is 3. The van der Waals surface area contributed by atoms with Gasteiger partial charge in [-0.15, -0.1) is 0 Å². The fourth-order valence-electron chi connectivity index (χ4n) is 3.18. The van der Waals surface area contributed by atoms with Crippen molar-refractivity contribution in [2.45, 2.75) is 0 Å². The number of hydrogen-bond donors (Lipinski definition) is 3. The molecule has 2 aromatic carbocycles. The van der Waals surface area contributed by atoms with Gasteiger partial charge in [0.05, 0.1) is 24.0 Å². The average molecular weight is 506 g/mol. The van der Waals surface area contributed by atoms with Crippen LogP contribution in [0.3, 0.4) is 0 Å². The van der Waals surface area contributed by atoms with E-state index in [2.05, 4.69) is 16.0 Å². The summed E-state index contributed by atoms with van der Waals surface area (Å²) in [5, 5.41) is 19.0. The zero-order valence-electron chi connectivity index (χ0n) is 18.6. The van der Waals surface area contributed by atoms with Crippen molar-refractivity contribution < 1.29 is 28.1 Å². The van der Waals surface area contributed by atoms with E-state index >= 15 is 0 Å². The van der Waals surface area contributed by atoms with Crippen LogP contribution in [-0.2, 0) is 0 Å². The number of anilines is 2. The number of hydrogen-bond acceptors (Lipinski definition) is 8. The minimum Gasteiger partial charge on any atom is -0.494 e. The van der Waals surface area contributed by atoms with E-state index in [1.165, 1.54) is 49.8 Å². The van der Waals surface area contributed by atoms with Crippen LogP contribution in [0.2, 0.25) is 0 Å². The number of carbonyl (C=O) groups excluding carboxylic acids is 2. The van der Waals surface area contributed by atoms with Gasteiger partial charge in [-0.2, -0.15) is 0 Å². The van der Waals surface area contributed by atoms with Gasteiger partial charge in [-0.25, -0.2) is 0 Å². The Morgan fingerprint density at radius 1 is 0.972 bits per heavy atom. The lowest BCUT2D eigenvalue weighted by Gasteiger charge is -2.13. The Morgan fingerprint density at radius 2 is 1.81 bits per heavy atom. The molecule has 182 valence electrons. The number of rotatable bonds is 7. The summed E-state index contributed by atoms with van der Waals surface area (Å²) in [4.78, 5) is 35.2. The number of thiocarbonyl (C=S) groups is 1. The number of ether oxygens (including phenoxy) is 1. The largest absolute Gasteiger partial charge is 0.494 e. The van der Waals surface area contributed by atoms with E-state index in [1.807, 2.05) is 0 Å². The van der Waals surface area contributed by atoms with Gasteiger partial charge in [-0.05, 0) is 48.6 Å². The van der Waals surface area contributed by atoms with Gasteiger partial charge >= 0.3 is 0 Å². The maximum absolute atomic E-state index is 12.6. The summed E-state index contributed by atoms with van der Waals surface area (Å²) in [7, 11) is 1.44. The number of nitro benzene ring substituents is 1. The maximum atomic E-state index is 12.6. The highest BCUT2D eigenvalue weighted by molar-refractivity contribution is 7.80. The molecule has 4 aromatic rings. The molecular formula is C24H18N4O7S. The third-order valence-corrected chi connectivity index (χ3v) is 5.06.